The number of likely N-dealkylation sites (tertiary alicyclic amines) is 1. The van der Waals surface area contributed by atoms with E-state index in [1.54, 1.807) is 14.2 Å². The molecule has 0 bridgehead atoms. The molecule has 1 saturated carbocycles. The fraction of sp³-hybridized carbons (Fsp3) is 0.636. The smallest absolute Gasteiger partial charge is 0.329 e. The molecule has 1 spiro atoms. The summed E-state index contributed by atoms with van der Waals surface area (Å²) in [6.07, 6.45) is 5.54. The third-order valence-electron chi connectivity index (χ3n) is 7.03. The normalized spacial score (nSPS) is 32.0. The summed E-state index contributed by atoms with van der Waals surface area (Å²) in [6, 6.07) is 5.85. The zero-order chi connectivity index (χ0) is 20.6. The van der Waals surface area contributed by atoms with Gasteiger partial charge in [0.2, 0.25) is 0 Å². The standard InChI is InChI=1S/C22H31N3O4/c1-15-8-10-22(11-9-15)20(26)25(21(27)23-22)14-24-12-4-5-18(24)17-7-6-16(28-2)13-19(17)29-3/h6-7,13,15,18H,4-5,8-12,14H2,1-3H3,(H,23,27)/p+1/t15?,18-,22?/m1/s1. The van der Waals surface area contributed by atoms with Gasteiger partial charge in [-0.05, 0) is 43.7 Å². The summed E-state index contributed by atoms with van der Waals surface area (Å²) in [7, 11) is 3.30. The average molecular weight is 403 g/mol. The summed E-state index contributed by atoms with van der Waals surface area (Å²) in [5.74, 6) is 2.14. The van der Waals surface area contributed by atoms with Gasteiger partial charge in [0.1, 0.15) is 23.1 Å². The van der Waals surface area contributed by atoms with E-state index in [2.05, 4.69) is 12.2 Å². The van der Waals surface area contributed by atoms with Crippen molar-refractivity contribution in [2.75, 3.05) is 27.4 Å². The number of nitrogens with zero attached hydrogens (tertiary/aromatic N) is 1. The van der Waals surface area contributed by atoms with E-state index in [-0.39, 0.29) is 18.0 Å². The molecule has 29 heavy (non-hydrogen) atoms. The van der Waals surface area contributed by atoms with E-state index in [0.717, 1.165) is 62.1 Å². The lowest BCUT2D eigenvalue weighted by Crippen LogP contribution is -3.12. The number of nitrogens with one attached hydrogen (secondary N) is 2. The number of hydrogen-bond donors (Lipinski definition) is 2. The Bertz CT molecular complexity index is 788. The summed E-state index contributed by atoms with van der Waals surface area (Å²) in [5.41, 5.74) is 0.435. The molecule has 2 saturated heterocycles. The van der Waals surface area contributed by atoms with Crippen LogP contribution in [0.4, 0.5) is 4.79 Å². The number of quaternary nitrogens is 1. The average Bonchev–Trinajstić information content (AvgIpc) is 3.28. The van der Waals surface area contributed by atoms with Gasteiger partial charge >= 0.3 is 6.03 Å². The van der Waals surface area contributed by atoms with Gasteiger partial charge in [0.15, 0.2) is 6.67 Å². The molecule has 1 unspecified atom stereocenters. The molecule has 0 aromatic heterocycles. The fourth-order valence-corrected chi connectivity index (χ4v) is 5.20. The van der Waals surface area contributed by atoms with E-state index in [1.165, 1.54) is 9.80 Å². The Hall–Kier alpha value is -2.28. The topological polar surface area (TPSA) is 72.3 Å². The van der Waals surface area contributed by atoms with Crippen molar-refractivity contribution in [1.29, 1.82) is 0 Å². The Morgan fingerprint density at radius 2 is 1.93 bits per heavy atom. The van der Waals surface area contributed by atoms with Gasteiger partial charge in [-0.2, -0.15) is 0 Å². The summed E-state index contributed by atoms with van der Waals surface area (Å²) in [4.78, 5) is 28.6. The Morgan fingerprint density at radius 3 is 2.62 bits per heavy atom. The molecule has 7 nitrogen and oxygen atoms in total. The molecule has 158 valence electrons. The van der Waals surface area contributed by atoms with Crippen LogP contribution >= 0.6 is 0 Å². The minimum atomic E-state index is -0.671. The Labute approximate surface area is 172 Å². The lowest BCUT2D eigenvalue weighted by Gasteiger charge is -2.33. The molecule has 0 radical (unpaired) electrons. The molecule has 1 aliphatic carbocycles. The third-order valence-corrected chi connectivity index (χ3v) is 7.03. The Kier molecular flexibility index (Phi) is 5.42. The summed E-state index contributed by atoms with van der Waals surface area (Å²) in [6.45, 7) is 3.55. The van der Waals surface area contributed by atoms with Crippen LogP contribution in [0.1, 0.15) is 57.1 Å². The largest absolute Gasteiger partial charge is 0.497 e. The first-order valence-electron chi connectivity index (χ1n) is 10.7. The number of ether oxygens (including phenoxy) is 2. The van der Waals surface area contributed by atoms with Crippen LogP contribution < -0.4 is 19.7 Å². The number of carbonyl (C=O) groups is 2. The summed E-state index contributed by atoms with van der Waals surface area (Å²) >= 11 is 0. The Morgan fingerprint density at radius 1 is 1.17 bits per heavy atom. The highest BCUT2D eigenvalue weighted by Crippen LogP contribution is 2.36. The SMILES string of the molecule is COc1ccc([C@H]2CCC[NH+]2CN2C(=O)NC3(CCC(C)CC3)C2=O)c(OC)c1. The van der Waals surface area contributed by atoms with E-state index in [0.29, 0.717) is 12.6 Å². The minimum Gasteiger partial charge on any atom is -0.497 e. The van der Waals surface area contributed by atoms with Crippen molar-refractivity contribution in [3.05, 3.63) is 23.8 Å². The van der Waals surface area contributed by atoms with Gasteiger partial charge in [-0.25, -0.2) is 9.69 Å². The monoisotopic (exact) mass is 402 g/mol. The van der Waals surface area contributed by atoms with Crippen LogP contribution in [0.2, 0.25) is 0 Å². The predicted molar refractivity (Wildman–Crippen MR) is 108 cm³/mol. The lowest BCUT2D eigenvalue weighted by molar-refractivity contribution is -0.925. The number of methoxy groups -OCH3 is 2. The second-order valence-corrected chi connectivity index (χ2v) is 8.80. The van der Waals surface area contributed by atoms with E-state index < -0.39 is 5.54 Å². The van der Waals surface area contributed by atoms with E-state index in [1.807, 2.05) is 18.2 Å². The van der Waals surface area contributed by atoms with Crippen molar-refractivity contribution >= 4 is 11.9 Å². The highest BCUT2D eigenvalue weighted by atomic mass is 16.5. The van der Waals surface area contributed by atoms with Crippen LogP contribution in [0, 0.1) is 5.92 Å². The molecule has 3 amide bonds. The molecule has 2 N–H and O–H groups in total. The molecule has 2 aliphatic heterocycles. The van der Waals surface area contributed by atoms with Crippen molar-refractivity contribution < 1.29 is 24.0 Å². The van der Waals surface area contributed by atoms with Crippen LogP contribution in [0.5, 0.6) is 11.5 Å². The van der Waals surface area contributed by atoms with Crippen molar-refractivity contribution in [1.82, 2.24) is 10.2 Å². The van der Waals surface area contributed by atoms with Crippen molar-refractivity contribution in [3.63, 3.8) is 0 Å². The van der Waals surface area contributed by atoms with E-state index in [9.17, 15) is 9.59 Å². The first-order valence-corrected chi connectivity index (χ1v) is 10.7. The van der Waals surface area contributed by atoms with E-state index >= 15 is 0 Å². The lowest BCUT2D eigenvalue weighted by atomic mass is 9.77. The number of hydrogen-bond acceptors (Lipinski definition) is 4. The number of benzene rings is 1. The van der Waals surface area contributed by atoms with Gasteiger partial charge in [-0.3, -0.25) is 4.79 Å². The second kappa shape index (κ2) is 7.86. The number of carbonyl (C=O) groups excluding carboxylic acids is 2. The van der Waals surface area contributed by atoms with Gasteiger partial charge in [0, 0.05) is 18.9 Å². The van der Waals surface area contributed by atoms with Crippen LogP contribution in [0.3, 0.4) is 0 Å². The van der Waals surface area contributed by atoms with E-state index in [4.69, 9.17) is 9.47 Å². The molecule has 2 atom stereocenters. The minimum absolute atomic E-state index is 0.0331. The van der Waals surface area contributed by atoms with Crippen LogP contribution in [0.25, 0.3) is 0 Å². The highest BCUT2D eigenvalue weighted by molar-refractivity contribution is 6.06. The maximum Gasteiger partial charge on any atom is 0.329 e. The molecular formula is C22H32N3O4+. The maximum absolute atomic E-state index is 13.2. The van der Waals surface area contributed by atoms with Crippen molar-refractivity contribution in [2.24, 2.45) is 5.92 Å². The van der Waals surface area contributed by atoms with Crippen LogP contribution in [0.15, 0.2) is 18.2 Å². The molecule has 1 aromatic rings. The molecule has 1 aromatic carbocycles. The molecule has 7 heteroatoms. The summed E-state index contributed by atoms with van der Waals surface area (Å²) in [5, 5.41) is 3.04. The predicted octanol–water partition coefficient (Wildman–Crippen LogP) is 1.88. The van der Waals surface area contributed by atoms with Crippen molar-refractivity contribution in [2.45, 2.75) is 57.0 Å². The van der Waals surface area contributed by atoms with Crippen LogP contribution in [-0.2, 0) is 4.79 Å². The first kappa shape index (κ1) is 20.0. The zero-order valence-electron chi connectivity index (χ0n) is 17.6. The van der Waals surface area contributed by atoms with Gasteiger partial charge in [0.25, 0.3) is 5.91 Å². The first-order chi connectivity index (χ1) is 14.0. The van der Waals surface area contributed by atoms with Gasteiger partial charge in [-0.15, -0.1) is 0 Å². The molecule has 4 rings (SSSR count). The molecule has 3 aliphatic rings. The number of imide groups is 1. The maximum atomic E-state index is 13.2. The fourth-order valence-electron chi connectivity index (χ4n) is 5.20. The second-order valence-electron chi connectivity index (χ2n) is 8.80. The number of rotatable bonds is 5. The molecule has 2 heterocycles. The van der Waals surface area contributed by atoms with Crippen molar-refractivity contribution in [3.8, 4) is 11.5 Å². The van der Waals surface area contributed by atoms with Gasteiger partial charge < -0.3 is 19.7 Å². The highest BCUT2D eigenvalue weighted by Gasteiger charge is 2.53. The van der Waals surface area contributed by atoms with Crippen LogP contribution in [-0.4, -0.2) is 49.8 Å². The van der Waals surface area contributed by atoms with Gasteiger partial charge in [-0.1, -0.05) is 6.92 Å². The third kappa shape index (κ3) is 3.56. The Balaban J connectivity index is 1.52. The molecule has 3 fully saturated rings. The number of amides is 3. The number of urea groups is 1. The van der Waals surface area contributed by atoms with Gasteiger partial charge in [0.05, 0.1) is 26.3 Å². The zero-order valence-corrected chi connectivity index (χ0v) is 17.6. The quantitative estimate of drug-likeness (QED) is 0.738. The molecular weight excluding hydrogens is 370 g/mol. The summed E-state index contributed by atoms with van der Waals surface area (Å²) < 4.78 is 10.9.